The summed E-state index contributed by atoms with van der Waals surface area (Å²) in [6.07, 6.45) is 7.32. The van der Waals surface area contributed by atoms with Crippen LogP contribution in [-0.2, 0) is 0 Å². The van der Waals surface area contributed by atoms with Gasteiger partial charge in [-0.05, 0) is 61.1 Å². The van der Waals surface area contributed by atoms with Gasteiger partial charge in [0.1, 0.15) is 0 Å². The molecule has 2 nitrogen and oxygen atoms in total. The van der Waals surface area contributed by atoms with Crippen molar-refractivity contribution in [3.8, 4) is 0 Å². The first-order valence-electron chi connectivity index (χ1n) is 5.19. The molecule has 0 heterocycles. The van der Waals surface area contributed by atoms with Crippen LogP contribution in [0, 0.1) is 10.8 Å². The molecule has 0 unspecified atom stereocenters. The number of hydrogen-bond acceptors (Lipinski definition) is 2. The lowest BCUT2D eigenvalue weighted by Gasteiger charge is -2.52. The minimum Gasteiger partial charge on any atom is -0.396 e. The molecule has 3 heteroatoms. The Morgan fingerprint density at radius 1 is 1.00 bits per heavy atom. The molecule has 0 radical (unpaired) electrons. The van der Waals surface area contributed by atoms with Crippen LogP contribution in [0.5, 0.6) is 0 Å². The Kier molecular flexibility index (Phi) is 2.56. The van der Waals surface area contributed by atoms with E-state index in [0.717, 1.165) is 6.54 Å². The zero-order valence-corrected chi connectivity index (χ0v) is 8.74. The molecule has 0 saturated heterocycles. The molecule has 0 aromatic heterocycles. The molecule has 76 valence electrons. The topological polar surface area (TPSA) is 32.3 Å². The van der Waals surface area contributed by atoms with Crippen LogP contribution in [0.25, 0.3) is 0 Å². The van der Waals surface area contributed by atoms with Gasteiger partial charge >= 0.3 is 0 Å². The van der Waals surface area contributed by atoms with Crippen LogP contribution in [0.1, 0.15) is 38.5 Å². The molecule has 2 N–H and O–H groups in total. The lowest BCUT2D eigenvalue weighted by Crippen LogP contribution is -2.46. The molecule has 3 rings (SSSR count). The summed E-state index contributed by atoms with van der Waals surface area (Å²) in [7, 11) is 0. The maximum atomic E-state index is 9.34. The van der Waals surface area contributed by atoms with Crippen molar-refractivity contribution in [3.63, 3.8) is 0 Å². The maximum absolute atomic E-state index is 9.34. The fourth-order valence-corrected chi connectivity index (χ4v) is 3.27. The van der Waals surface area contributed by atoms with E-state index in [1.165, 1.54) is 38.5 Å². The fourth-order valence-electron chi connectivity index (χ4n) is 2.99. The van der Waals surface area contributed by atoms with Gasteiger partial charge in [0.2, 0.25) is 0 Å². The van der Waals surface area contributed by atoms with E-state index >= 15 is 0 Å². The second-order valence-corrected chi connectivity index (χ2v) is 5.24. The number of rotatable bonds is 3. The Morgan fingerprint density at radius 2 is 1.46 bits per heavy atom. The Bertz CT molecular complexity index is 171. The van der Waals surface area contributed by atoms with Crippen molar-refractivity contribution >= 4 is 11.8 Å². The van der Waals surface area contributed by atoms with Crippen LogP contribution in [0.3, 0.4) is 0 Å². The first-order valence-corrected chi connectivity index (χ1v) is 5.57. The zero-order valence-electron chi connectivity index (χ0n) is 7.98. The summed E-state index contributed by atoms with van der Waals surface area (Å²) in [5, 5.41) is 9.34. The highest BCUT2D eigenvalue weighted by Gasteiger charge is 2.47. The second-order valence-electron chi connectivity index (χ2n) is 4.97. The molecule has 3 aliphatic rings. The Balaban J connectivity index is 2.03. The highest BCUT2D eigenvalue weighted by atomic mass is 35.5. The summed E-state index contributed by atoms with van der Waals surface area (Å²) in [5.41, 5.74) is 0.743. The molecule has 0 spiro atoms. The van der Waals surface area contributed by atoms with Gasteiger partial charge in [-0.25, -0.2) is 4.84 Å². The highest BCUT2D eigenvalue weighted by Crippen LogP contribution is 2.56. The molecule has 13 heavy (non-hydrogen) atoms. The van der Waals surface area contributed by atoms with Gasteiger partial charge in [0.25, 0.3) is 0 Å². The summed E-state index contributed by atoms with van der Waals surface area (Å²) in [5.74, 6) is 0. The summed E-state index contributed by atoms with van der Waals surface area (Å²) in [6.45, 7) is 1.33. The van der Waals surface area contributed by atoms with Gasteiger partial charge in [-0.15, -0.1) is 0 Å². The van der Waals surface area contributed by atoms with Crippen LogP contribution >= 0.6 is 11.8 Å². The van der Waals surface area contributed by atoms with E-state index in [2.05, 4.69) is 4.84 Å². The van der Waals surface area contributed by atoms with Gasteiger partial charge in [0, 0.05) is 13.2 Å². The lowest BCUT2D eigenvalue weighted by molar-refractivity contribution is -0.0390. The average Bonchev–Trinajstić information content (AvgIpc) is 2.21. The largest absolute Gasteiger partial charge is 0.396 e. The molecule has 3 aliphatic carbocycles. The Morgan fingerprint density at radius 3 is 1.85 bits per heavy atom. The van der Waals surface area contributed by atoms with Crippen molar-refractivity contribution in [1.29, 1.82) is 0 Å². The first kappa shape index (κ1) is 9.75. The average molecular weight is 204 g/mol. The molecule has 0 aromatic rings. The second kappa shape index (κ2) is 3.41. The van der Waals surface area contributed by atoms with Gasteiger partial charge in [0.05, 0.1) is 0 Å². The summed E-state index contributed by atoms with van der Waals surface area (Å²) in [6, 6.07) is 0. The van der Waals surface area contributed by atoms with Crippen molar-refractivity contribution in [1.82, 2.24) is 4.84 Å². The van der Waals surface area contributed by atoms with Crippen LogP contribution < -0.4 is 4.84 Å². The standard InChI is InChI=1S/C10H18ClNO/c11-12-7-9-1-4-10(8-13,5-2-9)6-3-9/h12-13H,1-8H2. The van der Waals surface area contributed by atoms with E-state index in [-0.39, 0.29) is 5.41 Å². The fraction of sp³-hybridized carbons (Fsp3) is 1.00. The molecule has 0 aliphatic heterocycles. The summed E-state index contributed by atoms with van der Waals surface area (Å²) >= 11 is 5.59. The predicted molar refractivity (Wildman–Crippen MR) is 53.5 cm³/mol. The third kappa shape index (κ3) is 1.60. The van der Waals surface area contributed by atoms with Crippen molar-refractivity contribution in [3.05, 3.63) is 0 Å². The smallest absolute Gasteiger partial charge is 0.0487 e. The van der Waals surface area contributed by atoms with E-state index < -0.39 is 0 Å². The van der Waals surface area contributed by atoms with E-state index in [1.54, 1.807) is 0 Å². The minimum absolute atomic E-state index is 0.286. The number of fused-ring (bicyclic) bond motifs is 3. The van der Waals surface area contributed by atoms with Gasteiger partial charge in [0.15, 0.2) is 0 Å². The van der Waals surface area contributed by atoms with Gasteiger partial charge < -0.3 is 5.11 Å². The van der Waals surface area contributed by atoms with Gasteiger partial charge in [-0.3, -0.25) is 0 Å². The molecule has 2 bridgehead atoms. The number of halogens is 1. The quantitative estimate of drug-likeness (QED) is 0.689. The van der Waals surface area contributed by atoms with Crippen molar-refractivity contribution in [2.24, 2.45) is 10.8 Å². The molecule has 3 fully saturated rings. The third-order valence-electron chi connectivity index (χ3n) is 4.33. The van der Waals surface area contributed by atoms with Crippen LogP contribution in [0.2, 0.25) is 0 Å². The normalized spacial score (nSPS) is 43.8. The van der Waals surface area contributed by atoms with Crippen LogP contribution in [0.15, 0.2) is 0 Å². The molecule has 0 amide bonds. The zero-order chi connectivity index (χ0) is 9.36. The van der Waals surface area contributed by atoms with Crippen molar-refractivity contribution in [2.45, 2.75) is 38.5 Å². The molecular weight excluding hydrogens is 186 g/mol. The summed E-state index contributed by atoms with van der Waals surface area (Å²) in [4.78, 5) is 2.79. The first-order chi connectivity index (χ1) is 6.24. The molecule has 0 aromatic carbocycles. The summed E-state index contributed by atoms with van der Waals surface area (Å²) < 4.78 is 0. The molecular formula is C10H18ClNO. The van der Waals surface area contributed by atoms with Gasteiger partial charge in [-0.2, -0.15) is 0 Å². The van der Waals surface area contributed by atoms with Crippen LogP contribution in [-0.4, -0.2) is 18.3 Å². The SMILES string of the molecule is OCC12CCC(CNCl)(CC1)CC2. The van der Waals surface area contributed by atoms with E-state index in [1.807, 2.05) is 0 Å². The number of hydrogen-bond donors (Lipinski definition) is 2. The van der Waals surface area contributed by atoms with Crippen molar-refractivity contribution < 1.29 is 5.11 Å². The predicted octanol–water partition coefficient (Wildman–Crippen LogP) is 2.06. The number of nitrogens with one attached hydrogen (secondary N) is 1. The van der Waals surface area contributed by atoms with Gasteiger partial charge in [-0.1, -0.05) is 0 Å². The van der Waals surface area contributed by atoms with E-state index in [0.29, 0.717) is 12.0 Å². The van der Waals surface area contributed by atoms with Crippen molar-refractivity contribution in [2.75, 3.05) is 13.2 Å². The molecule has 3 saturated carbocycles. The Labute approximate surface area is 84.8 Å². The number of aliphatic hydroxyl groups excluding tert-OH is 1. The number of aliphatic hydroxyl groups is 1. The maximum Gasteiger partial charge on any atom is 0.0487 e. The lowest BCUT2D eigenvalue weighted by atomic mass is 9.54. The van der Waals surface area contributed by atoms with E-state index in [9.17, 15) is 5.11 Å². The van der Waals surface area contributed by atoms with E-state index in [4.69, 9.17) is 11.8 Å². The minimum atomic E-state index is 0.286. The Hall–Kier alpha value is 0.210. The van der Waals surface area contributed by atoms with Crippen LogP contribution in [0.4, 0.5) is 0 Å². The highest BCUT2D eigenvalue weighted by molar-refractivity contribution is 6.13. The molecule has 0 atom stereocenters. The third-order valence-corrected chi connectivity index (χ3v) is 4.47. The monoisotopic (exact) mass is 203 g/mol.